The van der Waals surface area contributed by atoms with E-state index < -0.39 is 11.7 Å². The van der Waals surface area contributed by atoms with Gasteiger partial charge in [-0.3, -0.25) is 0 Å². The van der Waals surface area contributed by atoms with Crippen molar-refractivity contribution in [2.45, 2.75) is 6.18 Å². The molecule has 0 atom stereocenters. The zero-order valence-electron chi connectivity index (χ0n) is 6.12. The summed E-state index contributed by atoms with van der Waals surface area (Å²) >= 11 is 12.9. The van der Waals surface area contributed by atoms with Crippen molar-refractivity contribution in [2.24, 2.45) is 0 Å². The van der Waals surface area contributed by atoms with Gasteiger partial charge >= 0.3 is 6.18 Å². The summed E-state index contributed by atoms with van der Waals surface area (Å²) in [7, 11) is 0. The second kappa shape index (κ2) is 3.70. The van der Waals surface area contributed by atoms with E-state index in [4.69, 9.17) is 23.2 Å². The number of alkyl halides is 3. The van der Waals surface area contributed by atoms with Crippen LogP contribution in [-0.2, 0) is 6.18 Å². The van der Waals surface area contributed by atoms with Crippen LogP contribution < -0.4 is 4.43 Å². The Balaban J connectivity index is 3.43. The van der Waals surface area contributed by atoms with Crippen molar-refractivity contribution < 1.29 is 13.2 Å². The maximum atomic E-state index is 12.3. The number of hydrogen-bond acceptors (Lipinski definition) is 0. The minimum atomic E-state index is -4.51. The largest absolute Gasteiger partial charge is 0.419 e. The van der Waals surface area contributed by atoms with Gasteiger partial charge in [0.2, 0.25) is 0 Å². The van der Waals surface area contributed by atoms with Crippen LogP contribution in [0.4, 0.5) is 13.2 Å². The molecular weight excluding hydrogens is 239 g/mol. The fourth-order valence-corrected chi connectivity index (χ4v) is 1.65. The van der Waals surface area contributed by atoms with E-state index in [2.05, 4.69) is 16.3 Å². The molecule has 0 saturated heterocycles. The number of rotatable bonds is 0. The highest BCUT2D eigenvalue weighted by Gasteiger charge is 2.35. The maximum absolute atomic E-state index is 12.3. The van der Waals surface area contributed by atoms with Crippen molar-refractivity contribution in [3.05, 3.63) is 27.7 Å². The van der Waals surface area contributed by atoms with Gasteiger partial charge in [-0.15, -0.1) is 4.43 Å². The van der Waals surface area contributed by atoms with Gasteiger partial charge < -0.3 is 0 Å². The molecule has 0 aliphatic rings. The first-order chi connectivity index (χ1) is 5.84. The highest BCUT2D eigenvalue weighted by Crippen LogP contribution is 2.38. The summed E-state index contributed by atoms with van der Waals surface area (Å²) in [6, 6.07) is 2.57. The molecule has 1 rings (SSSR count). The van der Waals surface area contributed by atoms with E-state index in [1.165, 1.54) is 12.1 Å². The van der Waals surface area contributed by atoms with Crippen LogP contribution in [0.25, 0.3) is 0 Å². The molecule has 0 spiro atoms. The average Bonchev–Trinajstić information content (AvgIpc) is 1.95. The van der Waals surface area contributed by atoms with Crippen molar-refractivity contribution in [2.75, 3.05) is 0 Å². The fourth-order valence-electron chi connectivity index (χ4n) is 0.828. The molecule has 0 unspecified atom stereocenters. The molecule has 0 aromatic heterocycles. The lowest BCUT2D eigenvalue weighted by atomic mass is 10.2. The maximum Gasteiger partial charge on any atom is 0.419 e. The molecular formula is C7H2AlCl2F3. The van der Waals surface area contributed by atoms with Crippen LogP contribution in [0.15, 0.2) is 12.1 Å². The van der Waals surface area contributed by atoms with Crippen LogP contribution in [0, 0.1) is 0 Å². The first kappa shape index (κ1) is 11.2. The molecule has 0 saturated carbocycles. The standard InChI is InChI=1S/C7H2Cl2F3.Al/c8-4-2-1-3-5(9)6(4)7(10,11)12;/h1-2H;. The molecule has 2 radical (unpaired) electrons. The molecule has 0 aliphatic carbocycles. The zero-order valence-corrected chi connectivity index (χ0v) is 8.79. The van der Waals surface area contributed by atoms with Crippen LogP contribution in [0.2, 0.25) is 10.0 Å². The van der Waals surface area contributed by atoms with E-state index >= 15 is 0 Å². The summed E-state index contributed by atoms with van der Waals surface area (Å²) < 4.78 is 37.2. The number of halogens is 5. The molecule has 1 aromatic rings. The van der Waals surface area contributed by atoms with Gasteiger partial charge in [-0.25, -0.2) is 0 Å². The van der Waals surface area contributed by atoms with Gasteiger partial charge in [0.15, 0.2) is 16.3 Å². The van der Waals surface area contributed by atoms with Crippen LogP contribution in [-0.4, -0.2) is 16.3 Å². The first-order valence-corrected chi connectivity index (χ1v) is 4.48. The lowest BCUT2D eigenvalue weighted by Crippen LogP contribution is -2.14. The Morgan fingerprint density at radius 1 is 1.15 bits per heavy atom. The lowest BCUT2D eigenvalue weighted by Gasteiger charge is -2.12. The average molecular weight is 241 g/mol. The highest BCUT2D eigenvalue weighted by molar-refractivity contribution is 6.46. The van der Waals surface area contributed by atoms with Crippen LogP contribution >= 0.6 is 23.2 Å². The normalized spacial score (nSPS) is 11.8. The van der Waals surface area contributed by atoms with Crippen molar-refractivity contribution in [3.63, 3.8) is 0 Å². The third-order valence-electron chi connectivity index (χ3n) is 1.40. The fraction of sp³-hybridized carbons (Fsp3) is 0.143. The van der Waals surface area contributed by atoms with Crippen molar-refractivity contribution >= 4 is 43.9 Å². The summed E-state index contributed by atoms with van der Waals surface area (Å²) in [6.07, 6.45) is -4.51. The van der Waals surface area contributed by atoms with Gasteiger partial charge in [-0.1, -0.05) is 29.3 Å². The van der Waals surface area contributed by atoms with Crippen LogP contribution in [0.5, 0.6) is 0 Å². The van der Waals surface area contributed by atoms with E-state index in [9.17, 15) is 13.2 Å². The number of hydrogen-bond donors (Lipinski definition) is 0. The third kappa shape index (κ3) is 2.32. The topological polar surface area (TPSA) is 0 Å². The minimum absolute atomic E-state index is 0.276. The predicted molar refractivity (Wildman–Crippen MR) is 46.9 cm³/mol. The summed E-state index contributed by atoms with van der Waals surface area (Å²) in [5.41, 5.74) is -0.983. The highest BCUT2D eigenvalue weighted by atomic mass is 35.5. The Hall–Kier alpha value is 0.122. The minimum Gasteiger partial charge on any atom is -0.166 e. The molecule has 0 bridgehead atoms. The molecule has 68 valence electrons. The second-order valence-electron chi connectivity index (χ2n) is 2.32. The molecule has 0 nitrogen and oxygen atoms in total. The zero-order chi connectivity index (χ0) is 10.2. The summed E-state index contributed by atoms with van der Waals surface area (Å²) in [5.74, 6) is 0. The molecule has 0 fully saturated rings. The van der Waals surface area contributed by atoms with Crippen molar-refractivity contribution in [1.29, 1.82) is 0 Å². The molecule has 0 N–H and O–H groups in total. The molecule has 0 aliphatic heterocycles. The summed E-state index contributed by atoms with van der Waals surface area (Å²) in [6.45, 7) is 0. The molecule has 13 heavy (non-hydrogen) atoms. The van der Waals surface area contributed by atoms with E-state index in [-0.39, 0.29) is 14.5 Å². The smallest absolute Gasteiger partial charge is 0.166 e. The Kier molecular flexibility index (Phi) is 3.19. The first-order valence-electron chi connectivity index (χ1n) is 3.14. The Labute approximate surface area is 91.1 Å². The molecule has 0 amide bonds. The van der Waals surface area contributed by atoms with Gasteiger partial charge in [0, 0.05) is 5.02 Å². The Morgan fingerprint density at radius 2 is 1.69 bits per heavy atom. The summed E-state index contributed by atoms with van der Waals surface area (Å²) in [5, 5.41) is -0.756. The molecule has 6 heteroatoms. The van der Waals surface area contributed by atoms with E-state index in [0.717, 1.165) is 0 Å². The van der Waals surface area contributed by atoms with E-state index in [0.29, 0.717) is 0 Å². The van der Waals surface area contributed by atoms with Crippen LogP contribution in [0.1, 0.15) is 5.56 Å². The van der Waals surface area contributed by atoms with Crippen molar-refractivity contribution in [3.8, 4) is 0 Å². The molecule has 0 heterocycles. The van der Waals surface area contributed by atoms with E-state index in [1.54, 1.807) is 0 Å². The quantitative estimate of drug-likeness (QED) is 0.612. The molecule has 1 aromatic carbocycles. The van der Waals surface area contributed by atoms with E-state index in [1.807, 2.05) is 0 Å². The second-order valence-corrected chi connectivity index (χ2v) is 3.73. The van der Waals surface area contributed by atoms with Crippen molar-refractivity contribution in [1.82, 2.24) is 0 Å². The predicted octanol–water partition coefficient (Wildman–Crippen LogP) is 2.81. The SMILES string of the molecule is FC(F)(F)c1c(Cl)cc[c]([Al])c1Cl. The Morgan fingerprint density at radius 3 is 2.08 bits per heavy atom. The van der Waals surface area contributed by atoms with Gasteiger partial charge in [-0.2, -0.15) is 13.2 Å². The summed E-state index contributed by atoms with van der Waals surface area (Å²) in [4.78, 5) is 0. The monoisotopic (exact) mass is 240 g/mol. The van der Waals surface area contributed by atoms with Gasteiger partial charge in [-0.05, 0) is 6.07 Å². The lowest BCUT2D eigenvalue weighted by molar-refractivity contribution is -0.137. The third-order valence-corrected chi connectivity index (χ3v) is 2.79. The van der Waals surface area contributed by atoms with Gasteiger partial charge in [0.05, 0.1) is 10.6 Å². The van der Waals surface area contributed by atoms with Gasteiger partial charge in [0.1, 0.15) is 0 Å². The Bertz CT molecular complexity index is 335. The van der Waals surface area contributed by atoms with Gasteiger partial charge in [0.25, 0.3) is 0 Å². The van der Waals surface area contributed by atoms with Crippen LogP contribution in [0.3, 0.4) is 0 Å². The number of benzene rings is 1.